The van der Waals surface area contributed by atoms with Crippen LogP contribution in [0.2, 0.25) is 0 Å². The van der Waals surface area contributed by atoms with E-state index in [4.69, 9.17) is 4.74 Å². The van der Waals surface area contributed by atoms with Crippen molar-refractivity contribution in [2.75, 3.05) is 6.61 Å². The van der Waals surface area contributed by atoms with E-state index >= 15 is 0 Å². The fourth-order valence-corrected chi connectivity index (χ4v) is 0.821. The summed E-state index contributed by atoms with van der Waals surface area (Å²) in [6.07, 6.45) is 8.82. The van der Waals surface area contributed by atoms with E-state index in [1.165, 1.54) is 6.08 Å². The van der Waals surface area contributed by atoms with Crippen LogP contribution >= 0.6 is 0 Å². The molecule has 2 nitrogen and oxygen atoms in total. The van der Waals surface area contributed by atoms with E-state index in [1.54, 1.807) is 6.08 Å². The Labute approximate surface area is 73.9 Å². The molecule has 0 radical (unpaired) electrons. The zero-order valence-electron chi connectivity index (χ0n) is 7.69. The van der Waals surface area contributed by atoms with Crippen molar-refractivity contribution in [1.82, 2.24) is 0 Å². The molecule has 0 heterocycles. The Balaban J connectivity index is 3.74. The Morgan fingerprint density at radius 3 is 2.50 bits per heavy atom. The van der Waals surface area contributed by atoms with Gasteiger partial charge in [-0.05, 0) is 19.4 Å². The second-order valence-corrected chi connectivity index (χ2v) is 2.31. The molecule has 0 aliphatic rings. The molecule has 1 unspecified atom stereocenters. The molecule has 0 aliphatic heterocycles. The summed E-state index contributed by atoms with van der Waals surface area (Å²) in [4.78, 5) is 9.89. The van der Waals surface area contributed by atoms with E-state index in [0.29, 0.717) is 0 Å². The molecule has 2 heteroatoms. The van der Waals surface area contributed by atoms with Gasteiger partial charge in [-0.15, -0.1) is 0 Å². The van der Waals surface area contributed by atoms with Gasteiger partial charge in [0.1, 0.15) is 6.29 Å². The minimum Gasteiger partial charge on any atom is -0.374 e. The van der Waals surface area contributed by atoms with Crippen LogP contribution in [0.25, 0.3) is 0 Å². The summed E-state index contributed by atoms with van der Waals surface area (Å²) >= 11 is 0. The van der Waals surface area contributed by atoms with Crippen molar-refractivity contribution in [1.29, 1.82) is 0 Å². The Hall–Kier alpha value is -0.890. The molecule has 68 valence electrons. The molecule has 0 fully saturated rings. The van der Waals surface area contributed by atoms with E-state index in [0.717, 1.165) is 19.3 Å². The molecule has 0 saturated heterocycles. The first-order valence-electron chi connectivity index (χ1n) is 4.25. The second-order valence-electron chi connectivity index (χ2n) is 2.31. The van der Waals surface area contributed by atoms with E-state index in [-0.39, 0.29) is 6.10 Å². The molecule has 0 amide bonds. The molecule has 0 saturated carbocycles. The molecule has 0 aliphatic carbocycles. The van der Waals surface area contributed by atoms with Gasteiger partial charge in [0.25, 0.3) is 0 Å². The van der Waals surface area contributed by atoms with Crippen molar-refractivity contribution in [2.24, 2.45) is 0 Å². The molecule has 1 atom stereocenters. The van der Waals surface area contributed by atoms with Crippen LogP contribution in [0.4, 0.5) is 0 Å². The standard InChI is InChI=1S/C10H16O2/c1-3-10(12-4-2)8-6-5-7-9-11/h5-10H,3-4H2,1-2H3. The highest BCUT2D eigenvalue weighted by Gasteiger charge is 1.97. The summed E-state index contributed by atoms with van der Waals surface area (Å²) in [6, 6.07) is 0. The maximum Gasteiger partial charge on any atom is 0.142 e. The average Bonchev–Trinajstić information content (AvgIpc) is 2.10. The molecular weight excluding hydrogens is 152 g/mol. The van der Waals surface area contributed by atoms with Gasteiger partial charge >= 0.3 is 0 Å². The number of allylic oxidation sites excluding steroid dienone is 3. The van der Waals surface area contributed by atoms with E-state index in [9.17, 15) is 4.79 Å². The van der Waals surface area contributed by atoms with Gasteiger partial charge in [-0.25, -0.2) is 0 Å². The minimum atomic E-state index is 0.173. The molecule has 0 rings (SSSR count). The van der Waals surface area contributed by atoms with Gasteiger partial charge in [0.15, 0.2) is 0 Å². The zero-order valence-corrected chi connectivity index (χ0v) is 7.69. The predicted molar refractivity (Wildman–Crippen MR) is 50.0 cm³/mol. The number of hydrogen-bond donors (Lipinski definition) is 0. The third-order valence-corrected chi connectivity index (χ3v) is 1.41. The van der Waals surface area contributed by atoms with E-state index < -0.39 is 0 Å². The molecule has 0 aromatic heterocycles. The summed E-state index contributed by atoms with van der Waals surface area (Å²) < 4.78 is 5.36. The van der Waals surface area contributed by atoms with Crippen molar-refractivity contribution in [3.63, 3.8) is 0 Å². The van der Waals surface area contributed by atoms with Crippen LogP contribution < -0.4 is 0 Å². The minimum absolute atomic E-state index is 0.173. The highest BCUT2D eigenvalue weighted by Crippen LogP contribution is 1.99. The predicted octanol–water partition coefficient (Wildman–Crippen LogP) is 2.11. The van der Waals surface area contributed by atoms with Crippen LogP contribution in [0.15, 0.2) is 24.3 Å². The second kappa shape index (κ2) is 8.21. The van der Waals surface area contributed by atoms with Gasteiger partial charge in [0, 0.05) is 6.61 Å². The Bertz CT molecular complexity index is 159. The summed E-state index contributed by atoms with van der Waals surface area (Å²) in [6.45, 7) is 4.76. The van der Waals surface area contributed by atoms with Gasteiger partial charge in [0.2, 0.25) is 0 Å². The van der Waals surface area contributed by atoms with Gasteiger partial charge < -0.3 is 4.74 Å². The van der Waals surface area contributed by atoms with Crippen LogP contribution in [0.1, 0.15) is 20.3 Å². The monoisotopic (exact) mass is 168 g/mol. The summed E-state index contributed by atoms with van der Waals surface area (Å²) in [5, 5.41) is 0. The van der Waals surface area contributed by atoms with Crippen molar-refractivity contribution in [2.45, 2.75) is 26.4 Å². The smallest absolute Gasteiger partial charge is 0.142 e. The van der Waals surface area contributed by atoms with Crippen molar-refractivity contribution >= 4 is 6.29 Å². The molecule has 0 aromatic rings. The van der Waals surface area contributed by atoms with Gasteiger partial charge in [-0.2, -0.15) is 0 Å². The quantitative estimate of drug-likeness (QED) is 0.345. The lowest BCUT2D eigenvalue weighted by atomic mass is 10.2. The summed E-state index contributed by atoms with van der Waals surface area (Å²) in [5.41, 5.74) is 0. The fraction of sp³-hybridized carbons (Fsp3) is 0.500. The number of carbonyl (C=O) groups is 1. The number of ether oxygens (including phenoxy) is 1. The fourth-order valence-electron chi connectivity index (χ4n) is 0.821. The largest absolute Gasteiger partial charge is 0.374 e. The lowest BCUT2D eigenvalue weighted by molar-refractivity contribution is -0.104. The average molecular weight is 168 g/mol. The summed E-state index contributed by atoms with van der Waals surface area (Å²) in [5.74, 6) is 0. The highest BCUT2D eigenvalue weighted by molar-refractivity contribution is 5.65. The Morgan fingerprint density at radius 1 is 1.25 bits per heavy atom. The lowest BCUT2D eigenvalue weighted by Crippen LogP contribution is -2.07. The van der Waals surface area contributed by atoms with Crippen molar-refractivity contribution in [3.8, 4) is 0 Å². The number of aldehydes is 1. The van der Waals surface area contributed by atoms with Gasteiger partial charge in [-0.3, -0.25) is 4.79 Å². The Kier molecular flexibility index (Phi) is 7.60. The zero-order chi connectivity index (χ0) is 9.23. The first-order chi connectivity index (χ1) is 5.85. The van der Waals surface area contributed by atoms with Gasteiger partial charge in [0.05, 0.1) is 6.10 Å². The number of rotatable bonds is 6. The Morgan fingerprint density at radius 2 is 2.00 bits per heavy atom. The topological polar surface area (TPSA) is 26.3 Å². The van der Waals surface area contributed by atoms with Crippen LogP contribution in [0, 0.1) is 0 Å². The third-order valence-electron chi connectivity index (χ3n) is 1.41. The van der Waals surface area contributed by atoms with Crippen LogP contribution in [0.5, 0.6) is 0 Å². The molecule has 12 heavy (non-hydrogen) atoms. The molecule has 0 spiro atoms. The SMILES string of the molecule is CCOC(C=CC=CC=O)CC. The molecule has 0 N–H and O–H groups in total. The maximum absolute atomic E-state index is 9.89. The summed E-state index contributed by atoms with van der Waals surface area (Å²) in [7, 11) is 0. The molecule has 0 bridgehead atoms. The van der Waals surface area contributed by atoms with Crippen LogP contribution in [-0.4, -0.2) is 19.0 Å². The molecule has 0 aromatic carbocycles. The van der Waals surface area contributed by atoms with Gasteiger partial charge in [-0.1, -0.05) is 25.2 Å². The first kappa shape index (κ1) is 11.1. The lowest BCUT2D eigenvalue weighted by Gasteiger charge is -2.08. The number of carbonyl (C=O) groups excluding carboxylic acids is 1. The third kappa shape index (κ3) is 5.86. The van der Waals surface area contributed by atoms with Crippen molar-refractivity contribution < 1.29 is 9.53 Å². The van der Waals surface area contributed by atoms with Crippen molar-refractivity contribution in [3.05, 3.63) is 24.3 Å². The van der Waals surface area contributed by atoms with Crippen LogP contribution in [0.3, 0.4) is 0 Å². The maximum atomic E-state index is 9.89. The first-order valence-corrected chi connectivity index (χ1v) is 4.25. The highest BCUT2D eigenvalue weighted by atomic mass is 16.5. The normalized spacial score (nSPS) is 14.2. The molecular formula is C10H16O2. The van der Waals surface area contributed by atoms with Crippen LogP contribution in [-0.2, 0) is 9.53 Å². The number of hydrogen-bond acceptors (Lipinski definition) is 2. The van der Waals surface area contributed by atoms with E-state index in [1.807, 2.05) is 19.1 Å². The van der Waals surface area contributed by atoms with E-state index in [2.05, 4.69) is 6.92 Å².